The van der Waals surface area contributed by atoms with Gasteiger partial charge in [0.15, 0.2) is 0 Å². The fourth-order valence-electron chi connectivity index (χ4n) is 8.10. The third kappa shape index (κ3) is 9.94. The zero-order valence-corrected chi connectivity index (χ0v) is 27.8. The van der Waals surface area contributed by atoms with E-state index in [9.17, 15) is 29.4 Å². The van der Waals surface area contributed by atoms with Crippen LogP contribution in [0.15, 0.2) is 0 Å². The van der Waals surface area contributed by atoms with Gasteiger partial charge in [0.05, 0.1) is 23.7 Å². The number of hydrogen-bond acceptors (Lipinski definition) is 6. The van der Waals surface area contributed by atoms with Gasteiger partial charge in [-0.05, 0) is 94.3 Å². The number of rotatable bonds is 8. The molecule has 4 rings (SSSR count). The van der Waals surface area contributed by atoms with Crippen molar-refractivity contribution >= 4 is 23.9 Å². The summed E-state index contributed by atoms with van der Waals surface area (Å²) in [6.07, 6.45) is 12.8. The van der Waals surface area contributed by atoms with Crippen molar-refractivity contribution in [3.8, 4) is 0 Å². The molecule has 4 aliphatic carbocycles. The second kappa shape index (κ2) is 18.0. The highest BCUT2D eigenvalue weighted by Gasteiger charge is 2.44. The Hall–Kier alpha value is -2.12. The van der Waals surface area contributed by atoms with Crippen LogP contribution in [0.25, 0.3) is 0 Å². The van der Waals surface area contributed by atoms with Gasteiger partial charge in [-0.15, -0.1) is 0 Å². The van der Waals surface area contributed by atoms with Crippen molar-refractivity contribution in [1.29, 1.82) is 0 Å². The number of carbonyl (C=O) groups is 4. The highest BCUT2D eigenvalue weighted by Crippen LogP contribution is 2.49. The Balaban J connectivity index is 0.00000155. The maximum atomic E-state index is 12.8. The number of ether oxygens (including phenoxy) is 2. The number of aliphatic carboxylic acids is 2. The minimum Gasteiger partial charge on any atom is -0.481 e. The van der Waals surface area contributed by atoms with Gasteiger partial charge in [0.25, 0.3) is 0 Å². The number of carboxylic acids is 2. The van der Waals surface area contributed by atoms with E-state index >= 15 is 0 Å². The Morgan fingerprint density at radius 2 is 0.767 bits per heavy atom. The summed E-state index contributed by atoms with van der Waals surface area (Å²) in [6, 6.07) is 0. The smallest absolute Gasteiger partial charge is 0.310 e. The lowest BCUT2D eigenvalue weighted by Gasteiger charge is -2.46. The summed E-state index contributed by atoms with van der Waals surface area (Å²) in [7, 11) is 0. The van der Waals surface area contributed by atoms with Gasteiger partial charge in [-0.3, -0.25) is 19.2 Å². The molecule has 8 heteroatoms. The highest BCUT2D eigenvalue weighted by atomic mass is 16.5. The molecule has 4 aliphatic rings. The van der Waals surface area contributed by atoms with Crippen LogP contribution < -0.4 is 0 Å². The van der Waals surface area contributed by atoms with E-state index in [4.69, 9.17) is 9.47 Å². The summed E-state index contributed by atoms with van der Waals surface area (Å²) in [6.45, 7) is 12.7. The molecule has 4 unspecified atom stereocenters. The van der Waals surface area contributed by atoms with E-state index in [2.05, 4.69) is 13.8 Å². The fraction of sp³-hybridized carbons (Fsp3) is 0.886. The average molecular weight is 609 g/mol. The van der Waals surface area contributed by atoms with Crippen LogP contribution >= 0.6 is 0 Å². The predicted octanol–water partition coefficient (Wildman–Crippen LogP) is 8.05. The third-order valence-corrected chi connectivity index (χ3v) is 10.8. The second-order valence-electron chi connectivity index (χ2n) is 13.3. The molecule has 2 N–H and O–H groups in total. The molecule has 43 heavy (non-hydrogen) atoms. The monoisotopic (exact) mass is 608 g/mol. The molecule has 0 heterocycles. The zero-order valence-electron chi connectivity index (χ0n) is 27.8. The van der Waals surface area contributed by atoms with Crippen molar-refractivity contribution in [2.75, 3.05) is 0 Å². The highest BCUT2D eigenvalue weighted by molar-refractivity contribution is 5.82. The predicted molar refractivity (Wildman–Crippen MR) is 166 cm³/mol. The summed E-state index contributed by atoms with van der Waals surface area (Å²) in [5.74, 6) is -3.61. The summed E-state index contributed by atoms with van der Waals surface area (Å²) >= 11 is 0. The van der Waals surface area contributed by atoms with Crippen LogP contribution in [0.2, 0.25) is 0 Å². The van der Waals surface area contributed by atoms with E-state index in [1.54, 1.807) is 0 Å². The minimum atomic E-state index is -0.884. The molecule has 0 aromatic rings. The molecule has 0 aromatic carbocycles. The van der Waals surface area contributed by atoms with Gasteiger partial charge < -0.3 is 19.7 Å². The van der Waals surface area contributed by atoms with Crippen LogP contribution in [0.4, 0.5) is 0 Å². The minimum absolute atomic E-state index is 0.120. The van der Waals surface area contributed by atoms with Crippen molar-refractivity contribution in [2.24, 2.45) is 40.9 Å². The van der Waals surface area contributed by atoms with Gasteiger partial charge >= 0.3 is 23.9 Å². The van der Waals surface area contributed by atoms with Crippen LogP contribution in [0, 0.1) is 40.9 Å². The SMILES string of the molecule is CC.CC.CC(C)(C1CCC(OC(=O)C2CCCCC2C(=O)O)CC1)C1CCC(OC(=O)C2CCCCC2C(=O)O)CC1. The molecular weight excluding hydrogens is 548 g/mol. The van der Waals surface area contributed by atoms with E-state index in [1.807, 2.05) is 27.7 Å². The lowest BCUT2D eigenvalue weighted by Crippen LogP contribution is -2.41. The standard InChI is InChI=1S/C31H48O8.2C2H6/c1-31(2,19-11-15-21(16-12-19)38-29(36)25-9-5-3-7-23(25)27(32)33)20-13-17-22(18-14-20)39-30(37)26-10-6-4-8-24(26)28(34)35;2*1-2/h19-26H,3-18H2,1-2H3,(H,32,33)(H,34,35);2*1-2H3. The molecule has 0 bridgehead atoms. The fourth-order valence-corrected chi connectivity index (χ4v) is 8.10. The summed E-state index contributed by atoms with van der Waals surface area (Å²) in [5, 5.41) is 19.0. The van der Waals surface area contributed by atoms with E-state index in [-0.39, 0.29) is 29.6 Å². The molecule has 4 fully saturated rings. The van der Waals surface area contributed by atoms with Gasteiger partial charge in [-0.1, -0.05) is 67.2 Å². The zero-order chi connectivity index (χ0) is 32.2. The van der Waals surface area contributed by atoms with Crippen molar-refractivity contribution in [3.05, 3.63) is 0 Å². The van der Waals surface area contributed by atoms with E-state index < -0.39 is 35.6 Å². The molecule has 0 aromatic heterocycles. The molecule has 4 saturated carbocycles. The summed E-state index contributed by atoms with van der Waals surface area (Å²) < 4.78 is 11.7. The first kappa shape index (κ1) is 37.1. The van der Waals surface area contributed by atoms with Crippen molar-refractivity contribution < 1.29 is 38.9 Å². The molecule has 0 radical (unpaired) electrons. The molecule has 0 saturated heterocycles. The Morgan fingerprint density at radius 1 is 0.488 bits per heavy atom. The first-order chi connectivity index (χ1) is 20.6. The van der Waals surface area contributed by atoms with Gasteiger partial charge in [0.1, 0.15) is 12.2 Å². The first-order valence-electron chi connectivity index (χ1n) is 17.4. The van der Waals surface area contributed by atoms with Crippen molar-refractivity contribution in [3.63, 3.8) is 0 Å². The van der Waals surface area contributed by atoms with Crippen LogP contribution in [0.1, 0.15) is 144 Å². The van der Waals surface area contributed by atoms with Crippen LogP contribution in [0.3, 0.4) is 0 Å². The number of carbonyl (C=O) groups excluding carboxylic acids is 2. The summed E-state index contributed by atoms with van der Waals surface area (Å²) in [4.78, 5) is 48.8. The lowest BCUT2D eigenvalue weighted by atomic mass is 9.60. The van der Waals surface area contributed by atoms with Gasteiger partial charge in [-0.2, -0.15) is 0 Å². The second-order valence-corrected chi connectivity index (χ2v) is 13.3. The molecule has 8 nitrogen and oxygen atoms in total. The molecule has 0 spiro atoms. The van der Waals surface area contributed by atoms with Crippen molar-refractivity contribution in [1.82, 2.24) is 0 Å². The molecule has 248 valence electrons. The normalized spacial score (nSPS) is 32.9. The Labute approximate surface area is 260 Å². The number of esters is 2. The van der Waals surface area contributed by atoms with E-state index in [0.717, 1.165) is 77.0 Å². The molecule has 4 atom stereocenters. The van der Waals surface area contributed by atoms with E-state index in [1.165, 1.54) is 0 Å². The van der Waals surface area contributed by atoms with Crippen LogP contribution in [0.5, 0.6) is 0 Å². The maximum absolute atomic E-state index is 12.8. The lowest BCUT2D eigenvalue weighted by molar-refractivity contribution is -0.166. The summed E-state index contributed by atoms with van der Waals surface area (Å²) in [5.41, 5.74) is 0.125. The number of hydrogen-bond donors (Lipinski definition) is 2. The van der Waals surface area contributed by atoms with Crippen LogP contribution in [-0.4, -0.2) is 46.3 Å². The van der Waals surface area contributed by atoms with Crippen LogP contribution in [-0.2, 0) is 28.7 Å². The topological polar surface area (TPSA) is 127 Å². The quantitative estimate of drug-likeness (QED) is 0.265. The molecular formula is C35H60O8. The Morgan fingerprint density at radius 3 is 1.05 bits per heavy atom. The average Bonchev–Trinajstić information content (AvgIpc) is 3.03. The Bertz CT molecular complexity index is 812. The molecule has 0 amide bonds. The first-order valence-corrected chi connectivity index (χ1v) is 17.4. The Kier molecular flexibility index (Phi) is 15.5. The third-order valence-electron chi connectivity index (χ3n) is 10.8. The van der Waals surface area contributed by atoms with Gasteiger partial charge in [0.2, 0.25) is 0 Å². The molecule has 0 aliphatic heterocycles. The van der Waals surface area contributed by atoms with Gasteiger partial charge in [-0.25, -0.2) is 0 Å². The van der Waals surface area contributed by atoms with E-state index in [0.29, 0.717) is 37.5 Å². The number of carboxylic acid groups (broad SMARTS) is 2. The van der Waals surface area contributed by atoms with Gasteiger partial charge in [0, 0.05) is 0 Å². The van der Waals surface area contributed by atoms with Crippen molar-refractivity contribution in [2.45, 2.75) is 156 Å². The largest absolute Gasteiger partial charge is 0.481 e. The maximum Gasteiger partial charge on any atom is 0.310 e.